The fourth-order valence-electron chi connectivity index (χ4n) is 1.44. The summed E-state index contributed by atoms with van der Waals surface area (Å²) < 4.78 is 0. The van der Waals surface area contributed by atoms with Crippen molar-refractivity contribution in [1.29, 1.82) is 0 Å². The highest BCUT2D eigenvalue weighted by molar-refractivity contribution is 5.33. The Balaban J connectivity index is 1.87. The highest BCUT2D eigenvalue weighted by atomic mass is 14.6. The van der Waals surface area contributed by atoms with Crippen LogP contribution in [0.25, 0.3) is 0 Å². The summed E-state index contributed by atoms with van der Waals surface area (Å²) in [7, 11) is 0. The van der Waals surface area contributed by atoms with E-state index in [1.807, 2.05) is 12.4 Å². The highest BCUT2D eigenvalue weighted by Gasteiger charge is 2.03. The van der Waals surface area contributed by atoms with Gasteiger partial charge in [0.1, 0.15) is 0 Å². The summed E-state index contributed by atoms with van der Waals surface area (Å²) >= 11 is 0. The maximum atomic E-state index is 4.01. The van der Waals surface area contributed by atoms with E-state index in [0.717, 1.165) is 6.42 Å². The molecular formula is C13H15N. The van der Waals surface area contributed by atoms with Gasteiger partial charge in [0.15, 0.2) is 0 Å². The summed E-state index contributed by atoms with van der Waals surface area (Å²) in [6.07, 6.45) is 12.8. The average molecular weight is 185 g/mol. The van der Waals surface area contributed by atoms with Crippen LogP contribution in [0.1, 0.15) is 18.9 Å². The van der Waals surface area contributed by atoms with Gasteiger partial charge in [-0.25, -0.2) is 0 Å². The lowest BCUT2D eigenvalue weighted by Crippen LogP contribution is -1.95. The molecule has 1 atom stereocenters. The highest BCUT2D eigenvalue weighted by Crippen LogP contribution is 2.20. The normalized spacial score (nSPS) is 16.8. The minimum absolute atomic E-state index is 0.610. The third-order valence-electron chi connectivity index (χ3n) is 2.39. The van der Waals surface area contributed by atoms with Gasteiger partial charge in [-0.1, -0.05) is 25.2 Å². The van der Waals surface area contributed by atoms with E-state index in [1.165, 1.54) is 17.6 Å². The molecule has 2 rings (SSSR count). The third kappa shape index (κ3) is 2.84. The number of rotatable bonds is 4. The van der Waals surface area contributed by atoms with Crippen LogP contribution in [0.4, 0.5) is 0 Å². The number of hydrogen-bond donors (Lipinski definition) is 0. The molecule has 0 saturated heterocycles. The SMILES string of the molecule is CC(/C=C/C1=CC1)Cc1ccncc1. The molecule has 1 heterocycles. The van der Waals surface area contributed by atoms with Crippen LogP contribution in [0.15, 0.2) is 48.3 Å². The van der Waals surface area contributed by atoms with E-state index in [9.17, 15) is 0 Å². The number of nitrogens with zero attached hydrogens (tertiary/aromatic N) is 1. The van der Waals surface area contributed by atoms with E-state index >= 15 is 0 Å². The van der Waals surface area contributed by atoms with E-state index in [1.54, 1.807) is 0 Å². The van der Waals surface area contributed by atoms with E-state index < -0.39 is 0 Å². The predicted molar refractivity (Wildman–Crippen MR) is 58.9 cm³/mol. The van der Waals surface area contributed by atoms with Gasteiger partial charge < -0.3 is 0 Å². The van der Waals surface area contributed by atoms with Crippen molar-refractivity contribution in [2.75, 3.05) is 0 Å². The van der Waals surface area contributed by atoms with Crippen molar-refractivity contribution in [3.8, 4) is 0 Å². The Bertz CT molecular complexity index is 349. The van der Waals surface area contributed by atoms with Crippen LogP contribution in [0.3, 0.4) is 0 Å². The number of allylic oxidation sites excluding steroid dienone is 4. The summed E-state index contributed by atoms with van der Waals surface area (Å²) in [6.45, 7) is 2.25. The summed E-state index contributed by atoms with van der Waals surface area (Å²) in [4.78, 5) is 4.01. The van der Waals surface area contributed by atoms with Crippen molar-refractivity contribution in [1.82, 2.24) is 4.98 Å². The topological polar surface area (TPSA) is 12.9 Å². The van der Waals surface area contributed by atoms with Crippen LogP contribution in [0, 0.1) is 5.92 Å². The molecular weight excluding hydrogens is 170 g/mol. The van der Waals surface area contributed by atoms with E-state index in [0.29, 0.717) is 5.92 Å². The zero-order valence-corrected chi connectivity index (χ0v) is 8.48. The smallest absolute Gasteiger partial charge is 0.0270 e. The maximum Gasteiger partial charge on any atom is 0.0270 e. The molecule has 0 saturated carbocycles. The van der Waals surface area contributed by atoms with Crippen LogP contribution >= 0.6 is 0 Å². The van der Waals surface area contributed by atoms with Gasteiger partial charge in [-0.3, -0.25) is 4.98 Å². The summed E-state index contributed by atoms with van der Waals surface area (Å²) in [5.41, 5.74) is 2.84. The first kappa shape index (κ1) is 9.20. The molecule has 0 N–H and O–H groups in total. The van der Waals surface area contributed by atoms with Crippen LogP contribution in [0.5, 0.6) is 0 Å². The van der Waals surface area contributed by atoms with Gasteiger partial charge in [-0.2, -0.15) is 0 Å². The molecule has 0 aliphatic heterocycles. The van der Waals surface area contributed by atoms with Gasteiger partial charge in [0.25, 0.3) is 0 Å². The number of pyridine rings is 1. The van der Waals surface area contributed by atoms with Crippen molar-refractivity contribution in [2.24, 2.45) is 5.92 Å². The second-order valence-electron chi connectivity index (χ2n) is 3.88. The van der Waals surface area contributed by atoms with Crippen molar-refractivity contribution in [2.45, 2.75) is 19.8 Å². The Hall–Kier alpha value is -1.37. The van der Waals surface area contributed by atoms with Gasteiger partial charge in [-0.05, 0) is 42.0 Å². The Morgan fingerprint density at radius 1 is 1.43 bits per heavy atom. The van der Waals surface area contributed by atoms with Gasteiger partial charge in [0, 0.05) is 12.4 Å². The van der Waals surface area contributed by atoms with E-state index in [-0.39, 0.29) is 0 Å². The second-order valence-corrected chi connectivity index (χ2v) is 3.88. The third-order valence-corrected chi connectivity index (χ3v) is 2.39. The first-order valence-electron chi connectivity index (χ1n) is 5.11. The van der Waals surface area contributed by atoms with Gasteiger partial charge in [-0.15, -0.1) is 0 Å². The summed E-state index contributed by atoms with van der Waals surface area (Å²) in [5, 5.41) is 0. The van der Waals surface area contributed by atoms with Gasteiger partial charge >= 0.3 is 0 Å². The van der Waals surface area contributed by atoms with Crippen LogP contribution in [-0.2, 0) is 6.42 Å². The Labute approximate surface area is 85.2 Å². The van der Waals surface area contributed by atoms with Crippen LogP contribution in [0.2, 0.25) is 0 Å². The lowest BCUT2D eigenvalue weighted by atomic mass is 10.0. The lowest BCUT2D eigenvalue weighted by molar-refractivity contribution is 0.722. The second kappa shape index (κ2) is 4.23. The Morgan fingerprint density at radius 3 is 2.79 bits per heavy atom. The number of hydrogen-bond acceptors (Lipinski definition) is 1. The molecule has 0 aromatic carbocycles. The molecule has 1 aromatic heterocycles. The molecule has 1 unspecified atom stereocenters. The minimum Gasteiger partial charge on any atom is -0.265 e. The van der Waals surface area contributed by atoms with Crippen molar-refractivity contribution in [3.63, 3.8) is 0 Å². The molecule has 0 fully saturated rings. The van der Waals surface area contributed by atoms with Crippen molar-refractivity contribution in [3.05, 3.63) is 53.9 Å². The standard InChI is InChI=1S/C13H15N/c1-11(2-3-12-4-5-12)10-13-6-8-14-9-7-13/h2-4,6-9,11H,5,10H2,1H3/b3-2+. The largest absolute Gasteiger partial charge is 0.265 e. The van der Waals surface area contributed by atoms with Crippen LogP contribution < -0.4 is 0 Å². The molecule has 1 heteroatoms. The van der Waals surface area contributed by atoms with E-state index in [2.05, 4.69) is 42.3 Å². The van der Waals surface area contributed by atoms with E-state index in [4.69, 9.17) is 0 Å². The quantitative estimate of drug-likeness (QED) is 0.702. The van der Waals surface area contributed by atoms with Crippen molar-refractivity contribution >= 4 is 0 Å². The Kier molecular flexibility index (Phi) is 2.78. The monoisotopic (exact) mass is 185 g/mol. The number of aromatic nitrogens is 1. The molecule has 1 aliphatic rings. The lowest BCUT2D eigenvalue weighted by Gasteiger charge is -2.04. The van der Waals surface area contributed by atoms with Crippen molar-refractivity contribution < 1.29 is 0 Å². The van der Waals surface area contributed by atoms with Gasteiger partial charge in [0.05, 0.1) is 0 Å². The minimum atomic E-state index is 0.610. The average Bonchev–Trinajstić information content (AvgIpc) is 3.00. The molecule has 0 bridgehead atoms. The molecule has 14 heavy (non-hydrogen) atoms. The summed E-state index contributed by atoms with van der Waals surface area (Å²) in [6, 6.07) is 4.17. The summed E-state index contributed by atoms with van der Waals surface area (Å²) in [5.74, 6) is 0.610. The molecule has 1 nitrogen and oxygen atoms in total. The molecule has 72 valence electrons. The molecule has 1 aliphatic carbocycles. The first-order valence-corrected chi connectivity index (χ1v) is 5.11. The van der Waals surface area contributed by atoms with Crippen LogP contribution in [-0.4, -0.2) is 4.98 Å². The maximum absolute atomic E-state index is 4.01. The molecule has 0 amide bonds. The predicted octanol–water partition coefficient (Wildman–Crippen LogP) is 3.15. The fourth-order valence-corrected chi connectivity index (χ4v) is 1.44. The Morgan fingerprint density at radius 2 is 2.14 bits per heavy atom. The zero-order valence-electron chi connectivity index (χ0n) is 8.48. The molecule has 0 radical (unpaired) electrons. The van der Waals surface area contributed by atoms with Gasteiger partial charge in [0.2, 0.25) is 0 Å². The zero-order chi connectivity index (χ0) is 9.80. The fraction of sp³-hybridized carbons (Fsp3) is 0.308. The molecule has 1 aromatic rings. The molecule has 0 spiro atoms. The first-order chi connectivity index (χ1) is 6.84.